The van der Waals surface area contributed by atoms with E-state index in [1.807, 2.05) is 0 Å². The lowest BCUT2D eigenvalue weighted by Crippen LogP contribution is -2.49. The van der Waals surface area contributed by atoms with Crippen LogP contribution in [0.3, 0.4) is 0 Å². The molecule has 0 bridgehead atoms. The van der Waals surface area contributed by atoms with Crippen LogP contribution < -0.4 is 0 Å². The SMILES string of the molecule is CC1CCC(C(C)C)C([C@@]2(C(=O)O)OCCS2)C1. The van der Waals surface area contributed by atoms with Crippen molar-refractivity contribution in [1.82, 2.24) is 0 Å². The second kappa shape index (κ2) is 5.41. The maximum absolute atomic E-state index is 11.8. The van der Waals surface area contributed by atoms with Crippen molar-refractivity contribution in [3.05, 3.63) is 0 Å². The summed E-state index contributed by atoms with van der Waals surface area (Å²) in [5.41, 5.74) is 0. The lowest BCUT2D eigenvalue weighted by molar-refractivity contribution is -0.161. The van der Waals surface area contributed by atoms with Crippen molar-refractivity contribution in [2.75, 3.05) is 12.4 Å². The van der Waals surface area contributed by atoms with Crippen molar-refractivity contribution in [3.8, 4) is 0 Å². The van der Waals surface area contributed by atoms with Crippen LogP contribution in [0.5, 0.6) is 0 Å². The molecule has 1 aliphatic carbocycles. The maximum Gasteiger partial charge on any atom is 0.346 e. The Morgan fingerprint density at radius 2 is 2.17 bits per heavy atom. The first-order valence-electron chi connectivity index (χ1n) is 6.98. The molecule has 0 aromatic carbocycles. The number of hydrogen-bond acceptors (Lipinski definition) is 3. The molecule has 0 aromatic heterocycles. The molecule has 0 spiro atoms. The van der Waals surface area contributed by atoms with Crippen LogP contribution in [0.15, 0.2) is 0 Å². The van der Waals surface area contributed by atoms with E-state index < -0.39 is 10.9 Å². The van der Waals surface area contributed by atoms with Gasteiger partial charge < -0.3 is 9.84 Å². The van der Waals surface area contributed by atoms with Crippen LogP contribution in [0, 0.1) is 23.7 Å². The van der Waals surface area contributed by atoms with Crippen LogP contribution in [0.4, 0.5) is 0 Å². The Labute approximate surface area is 114 Å². The van der Waals surface area contributed by atoms with E-state index in [1.165, 1.54) is 18.2 Å². The molecular formula is C14H24O3S. The third-order valence-corrected chi connectivity index (χ3v) is 5.92. The summed E-state index contributed by atoms with van der Waals surface area (Å²) in [6.07, 6.45) is 3.35. The summed E-state index contributed by atoms with van der Waals surface area (Å²) >= 11 is 1.51. The molecule has 1 saturated carbocycles. The van der Waals surface area contributed by atoms with Crippen LogP contribution in [-0.2, 0) is 9.53 Å². The van der Waals surface area contributed by atoms with Crippen molar-refractivity contribution < 1.29 is 14.6 Å². The summed E-state index contributed by atoms with van der Waals surface area (Å²) in [4.78, 5) is 10.8. The number of hydrogen-bond donors (Lipinski definition) is 1. The monoisotopic (exact) mass is 272 g/mol. The predicted molar refractivity (Wildman–Crippen MR) is 73.6 cm³/mol. The highest BCUT2D eigenvalue weighted by Crippen LogP contribution is 2.51. The Bertz CT molecular complexity index is 310. The van der Waals surface area contributed by atoms with Gasteiger partial charge in [-0.3, -0.25) is 0 Å². The van der Waals surface area contributed by atoms with Crippen LogP contribution in [0.2, 0.25) is 0 Å². The predicted octanol–water partition coefficient (Wildman–Crippen LogP) is 3.24. The summed E-state index contributed by atoms with van der Waals surface area (Å²) in [7, 11) is 0. The number of rotatable bonds is 3. The number of ether oxygens (including phenoxy) is 1. The van der Waals surface area contributed by atoms with Gasteiger partial charge in [-0.2, -0.15) is 0 Å². The third kappa shape index (κ3) is 2.42. The van der Waals surface area contributed by atoms with Crippen LogP contribution in [-0.4, -0.2) is 28.4 Å². The molecule has 1 aliphatic heterocycles. The first-order valence-corrected chi connectivity index (χ1v) is 7.97. The summed E-state index contributed by atoms with van der Waals surface area (Å²) in [5.74, 6) is 1.82. The highest BCUT2D eigenvalue weighted by atomic mass is 32.2. The number of thioether (sulfide) groups is 1. The minimum atomic E-state index is -0.969. The van der Waals surface area contributed by atoms with Gasteiger partial charge in [0.15, 0.2) is 0 Å². The summed E-state index contributed by atoms with van der Waals surface area (Å²) in [6.45, 7) is 7.23. The molecule has 18 heavy (non-hydrogen) atoms. The molecule has 1 heterocycles. The quantitative estimate of drug-likeness (QED) is 0.856. The Morgan fingerprint density at radius 1 is 1.44 bits per heavy atom. The largest absolute Gasteiger partial charge is 0.478 e. The second-order valence-corrected chi connectivity index (χ2v) is 7.41. The van der Waals surface area contributed by atoms with E-state index >= 15 is 0 Å². The van der Waals surface area contributed by atoms with E-state index in [9.17, 15) is 9.90 Å². The first-order chi connectivity index (χ1) is 8.47. The fourth-order valence-electron chi connectivity index (χ4n) is 3.56. The molecule has 0 radical (unpaired) electrons. The number of aliphatic carboxylic acids is 1. The van der Waals surface area contributed by atoms with Crippen LogP contribution in [0.1, 0.15) is 40.0 Å². The summed E-state index contributed by atoms with van der Waals surface area (Å²) < 4.78 is 5.73. The summed E-state index contributed by atoms with van der Waals surface area (Å²) in [6, 6.07) is 0. The van der Waals surface area contributed by atoms with Gasteiger partial charge in [0.25, 0.3) is 0 Å². The number of carboxylic acids is 1. The third-order valence-electron chi connectivity index (χ3n) is 4.52. The molecule has 2 rings (SSSR count). The fraction of sp³-hybridized carbons (Fsp3) is 0.929. The Hall–Kier alpha value is -0.220. The average molecular weight is 272 g/mol. The van der Waals surface area contributed by atoms with Gasteiger partial charge in [0.1, 0.15) is 0 Å². The summed E-state index contributed by atoms with van der Waals surface area (Å²) in [5, 5.41) is 9.66. The lowest BCUT2D eigenvalue weighted by Gasteiger charge is -2.44. The Morgan fingerprint density at radius 3 is 2.67 bits per heavy atom. The van der Waals surface area contributed by atoms with Gasteiger partial charge in [0.05, 0.1) is 6.61 Å². The van der Waals surface area contributed by atoms with E-state index in [1.54, 1.807) is 0 Å². The van der Waals surface area contributed by atoms with Crippen molar-refractivity contribution in [3.63, 3.8) is 0 Å². The standard InChI is InChI=1S/C14H24O3S/c1-9(2)11-5-4-10(3)8-12(11)14(13(15)16)17-6-7-18-14/h9-12H,4-8H2,1-3H3,(H,15,16)/t10?,11?,12?,14-/m1/s1. The van der Waals surface area contributed by atoms with Gasteiger partial charge in [-0.05, 0) is 30.6 Å². The van der Waals surface area contributed by atoms with Gasteiger partial charge in [0.2, 0.25) is 4.93 Å². The Kier molecular flexibility index (Phi) is 4.27. The minimum absolute atomic E-state index is 0.159. The normalized spacial score (nSPS) is 41.2. The number of carboxylic acid groups (broad SMARTS) is 1. The molecule has 3 nitrogen and oxygen atoms in total. The van der Waals surface area contributed by atoms with Crippen LogP contribution in [0.25, 0.3) is 0 Å². The molecule has 3 unspecified atom stereocenters. The second-order valence-electron chi connectivity index (χ2n) is 6.10. The van der Waals surface area contributed by atoms with E-state index in [-0.39, 0.29) is 5.92 Å². The molecule has 0 amide bonds. The molecule has 0 aromatic rings. The highest BCUT2D eigenvalue weighted by molar-refractivity contribution is 8.01. The van der Waals surface area contributed by atoms with Crippen molar-refractivity contribution >= 4 is 17.7 Å². The van der Waals surface area contributed by atoms with Crippen LogP contribution >= 0.6 is 11.8 Å². The molecule has 104 valence electrons. The van der Waals surface area contributed by atoms with Gasteiger partial charge in [-0.25, -0.2) is 4.79 Å². The molecule has 1 N–H and O–H groups in total. The molecular weight excluding hydrogens is 248 g/mol. The zero-order chi connectivity index (χ0) is 13.3. The molecule has 2 fully saturated rings. The number of carbonyl (C=O) groups is 1. The first kappa shape index (κ1) is 14.2. The van der Waals surface area contributed by atoms with Gasteiger partial charge >= 0.3 is 5.97 Å². The van der Waals surface area contributed by atoms with E-state index in [4.69, 9.17) is 4.74 Å². The lowest BCUT2D eigenvalue weighted by atomic mass is 9.67. The van der Waals surface area contributed by atoms with E-state index in [2.05, 4.69) is 20.8 Å². The Balaban J connectivity index is 2.27. The fourth-order valence-corrected chi connectivity index (χ4v) is 4.81. The van der Waals surface area contributed by atoms with E-state index in [0.717, 1.165) is 18.6 Å². The zero-order valence-corrected chi connectivity index (χ0v) is 12.3. The minimum Gasteiger partial charge on any atom is -0.478 e. The topological polar surface area (TPSA) is 46.5 Å². The van der Waals surface area contributed by atoms with Gasteiger partial charge in [-0.15, -0.1) is 11.8 Å². The molecule has 1 saturated heterocycles. The highest BCUT2D eigenvalue weighted by Gasteiger charge is 2.54. The molecule has 4 heteroatoms. The van der Waals surface area contributed by atoms with E-state index in [0.29, 0.717) is 24.4 Å². The van der Waals surface area contributed by atoms with Gasteiger partial charge in [0, 0.05) is 11.7 Å². The van der Waals surface area contributed by atoms with Gasteiger partial charge in [-0.1, -0.05) is 27.2 Å². The molecule has 2 aliphatic rings. The zero-order valence-electron chi connectivity index (χ0n) is 11.5. The maximum atomic E-state index is 11.8. The van der Waals surface area contributed by atoms with Crippen molar-refractivity contribution in [2.45, 2.75) is 45.0 Å². The average Bonchev–Trinajstić information content (AvgIpc) is 2.78. The molecule has 4 atom stereocenters. The van der Waals surface area contributed by atoms with Crippen molar-refractivity contribution in [2.24, 2.45) is 23.7 Å². The smallest absolute Gasteiger partial charge is 0.346 e. The van der Waals surface area contributed by atoms with Crippen molar-refractivity contribution in [1.29, 1.82) is 0 Å².